The van der Waals surface area contributed by atoms with E-state index in [4.69, 9.17) is 0 Å². The maximum absolute atomic E-state index is 12.6. The van der Waals surface area contributed by atoms with E-state index in [1.54, 1.807) is 0 Å². The number of hydrogen-bond donors (Lipinski definition) is 0. The average molecular weight is 425 g/mol. The first-order valence-corrected chi connectivity index (χ1v) is 13.4. The van der Waals surface area contributed by atoms with Gasteiger partial charge in [0.1, 0.15) is 0 Å². The largest absolute Gasteiger partial charge is 0.295 e. The van der Waals surface area contributed by atoms with Crippen molar-refractivity contribution in [3.05, 3.63) is 12.2 Å². The summed E-state index contributed by atoms with van der Waals surface area (Å²) in [5.41, 5.74) is 2.42. The molecule has 0 aromatic carbocycles. The Labute approximate surface area is 192 Å². The van der Waals surface area contributed by atoms with Crippen molar-refractivity contribution in [1.82, 2.24) is 0 Å². The molecule has 4 fully saturated rings. The minimum Gasteiger partial charge on any atom is -0.295 e. The molecule has 4 unspecified atom stereocenters. The number of carbonyl (C=O) groups is 1. The van der Waals surface area contributed by atoms with Crippen molar-refractivity contribution in [2.24, 2.45) is 56.2 Å². The zero-order valence-electron chi connectivity index (χ0n) is 21.7. The Morgan fingerprint density at radius 2 is 1.35 bits per heavy atom. The molecule has 5 rings (SSSR count). The fraction of sp³-hybridized carbons (Fsp3) is 0.900. The second-order valence-corrected chi connectivity index (χ2v) is 15.0. The minimum atomic E-state index is 0.150. The Balaban J connectivity index is 1.57. The van der Waals surface area contributed by atoms with Crippen LogP contribution < -0.4 is 0 Å². The monoisotopic (exact) mass is 424 g/mol. The Bertz CT molecular complexity index is 822. The third kappa shape index (κ3) is 2.64. The molecular formula is C30H48O. The fourth-order valence-corrected chi connectivity index (χ4v) is 10.7. The Kier molecular flexibility index (Phi) is 4.51. The lowest BCUT2D eigenvalue weighted by Crippen LogP contribution is -2.67. The van der Waals surface area contributed by atoms with Gasteiger partial charge in [-0.15, -0.1) is 0 Å². The molecule has 4 saturated carbocycles. The third-order valence-corrected chi connectivity index (χ3v) is 13.3. The van der Waals surface area contributed by atoms with Gasteiger partial charge in [-0.2, -0.15) is 0 Å². The molecule has 0 spiro atoms. The molecule has 5 aliphatic rings. The predicted molar refractivity (Wildman–Crippen MR) is 130 cm³/mol. The van der Waals surface area contributed by atoms with Crippen LogP contribution in [0.25, 0.3) is 0 Å². The van der Waals surface area contributed by atoms with Gasteiger partial charge in [-0.1, -0.05) is 61.5 Å². The summed E-state index contributed by atoms with van der Waals surface area (Å²) in [4.78, 5) is 12.6. The normalized spacial score (nSPS) is 58.0. The standard InChI is InChI=1S/C30H48O/c1-20-21(31)9-10-22-27(20,5)12-11-23-28(22,6)16-18-30(8)24-19-25(2,3)13-14-26(24,4)15-17-29(23,30)7/h9-10,20,22-24H,11-19H2,1-8H3/t20-,22?,23?,24?,26+,27+,28-,29+,30?/m0/s1. The molecule has 0 N–H and O–H groups in total. The zero-order valence-corrected chi connectivity index (χ0v) is 21.7. The van der Waals surface area contributed by atoms with E-state index in [0.29, 0.717) is 38.8 Å². The molecule has 9 atom stereocenters. The molecule has 5 aliphatic carbocycles. The van der Waals surface area contributed by atoms with E-state index in [1.807, 2.05) is 6.08 Å². The van der Waals surface area contributed by atoms with Gasteiger partial charge < -0.3 is 0 Å². The van der Waals surface area contributed by atoms with Crippen LogP contribution in [0, 0.1) is 56.2 Å². The first kappa shape index (κ1) is 22.2. The van der Waals surface area contributed by atoms with Gasteiger partial charge >= 0.3 is 0 Å². The number of ketones is 1. The molecule has 0 aliphatic heterocycles. The van der Waals surface area contributed by atoms with Gasteiger partial charge in [-0.25, -0.2) is 0 Å². The van der Waals surface area contributed by atoms with Crippen LogP contribution in [0.5, 0.6) is 0 Å². The number of rotatable bonds is 0. The van der Waals surface area contributed by atoms with Crippen LogP contribution in [0.4, 0.5) is 0 Å². The summed E-state index contributed by atoms with van der Waals surface area (Å²) < 4.78 is 0. The molecule has 0 saturated heterocycles. The second kappa shape index (κ2) is 6.29. The number of allylic oxidation sites excluding steroid dienone is 2. The smallest absolute Gasteiger partial charge is 0.158 e. The van der Waals surface area contributed by atoms with Gasteiger partial charge in [0.05, 0.1) is 0 Å². The van der Waals surface area contributed by atoms with E-state index >= 15 is 0 Å². The second-order valence-electron chi connectivity index (χ2n) is 15.0. The summed E-state index contributed by atoms with van der Waals surface area (Å²) in [6.45, 7) is 20.5. The molecule has 0 heterocycles. The minimum absolute atomic E-state index is 0.150. The molecule has 1 nitrogen and oxygen atoms in total. The SMILES string of the molecule is C[C@H]1C(=O)C=CC2[C@]3(C)CCC4(C)C5CC(C)(C)CC[C@]5(C)CC[C@]4(C)C3CC[C@@]21C. The van der Waals surface area contributed by atoms with Crippen molar-refractivity contribution in [3.8, 4) is 0 Å². The van der Waals surface area contributed by atoms with Crippen molar-refractivity contribution in [2.75, 3.05) is 0 Å². The predicted octanol–water partition coefficient (Wildman–Crippen LogP) is 8.23. The molecule has 0 aromatic heterocycles. The molecule has 0 bridgehead atoms. The van der Waals surface area contributed by atoms with Gasteiger partial charge in [-0.05, 0) is 114 Å². The number of hydrogen-bond acceptors (Lipinski definition) is 1. The third-order valence-electron chi connectivity index (χ3n) is 13.3. The molecule has 0 aromatic rings. The highest BCUT2D eigenvalue weighted by atomic mass is 16.1. The summed E-state index contributed by atoms with van der Waals surface area (Å²) in [5, 5.41) is 0. The van der Waals surface area contributed by atoms with Crippen molar-refractivity contribution in [2.45, 2.75) is 113 Å². The van der Waals surface area contributed by atoms with Crippen molar-refractivity contribution >= 4 is 5.78 Å². The van der Waals surface area contributed by atoms with Gasteiger partial charge in [0, 0.05) is 5.92 Å². The first-order valence-electron chi connectivity index (χ1n) is 13.4. The van der Waals surface area contributed by atoms with E-state index in [2.05, 4.69) is 61.5 Å². The number of fused-ring (bicyclic) bond motifs is 7. The van der Waals surface area contributed by atoms with Crippen LogP contribution >= 0.6 is 0 Å². The molecule has 1 heteroatoms. The Hall–Kier alpha value is -0.590. The maximum atomic E-state index is 12.6. The summed E-state index contributed by atoms with van der Waals surface area (Å²) in [6.07, 6.45) is 16.7. The van der Waals surface area contributed by atoms with E-state index in [0.717, 1.165) is 11.8 Å². The highest BCUT2D eigenvalue weighted by Gasteiger charge is 2.70. The number of carbonyl (C=O) groups excluding carboxylic acids is 1. The van der Waals surface area contributed by atoms with E-state index in [-0.39, 0.29) is 11.3 Å². The van der Waals surface area contributed by atoms with Gasteiger partial charge in [-0.3, -0.25) is 4.79 Å². The highest BCUT2D eigenvalue weighted by Crippen LogP contribution is 2.78. The summed E-state index contributed by atoms with van der Waals surface area (Å²) in [5.74, 6) is 2.75. The van der Waals surface area contributed by atoms with Crippen LogP contribution in [0.1, 0.15) is 113 Å². The van der Waals surface area contributed by atoms with Crippen molar-refractivity contribution < 1.29 is 4.79 Å². The molecule has 0 amide bonds. The van der Waals surface area contributed by atoms with Gasteiger partial charge in [0.25, 0.3) is 0 Å². The van der Waals surface area contributed by atoms with Crippen molar-refractivity contribution in [1.29, 1.82) is 0 Å². The zero-order chi connectivity index (χ0) is 22.7. The topological polar surface area (TPSA) is 17.1 Å². The van der Waals surface area contributed by atoms with Crippen LogP contribution in [0.3, 0.4) is 0 Å². The van der Waals surface area contributed by atoms with Gasteiger partial charge in [0.2, 0.25) is 0 Å². The molecular weight excluding hydrogens is 376 g/mol. The summed E-state index contributed by atoms with van der Waals surface area (Å²) in [7, 11) is 0. The lowest BCUT2D eigenvalue weighted by atomic mass is 9.30. The lowest BCUT2D eigenvalue weighted by Gasteiger charge is -2.74. The van der Waals surface area contributed by atoms with Crippen LogP contribution in [0.15, 0.2) is 12.2 Å². The Morgan fingerprint density at radius 1 is 0.742 bits per heavy atom. The maximum Gasteiger partial charge on any atom is 0.158 e. The highest BCUT2D eigenvalue weighted by molar-refractivity contribution is 5.93. The molecule has 0 radical (unpaired) electrons. The van der Waals surface area contributed by atoms with E-state index < -0.39 is 0 Å². The van der Waals surface area contributed by atoms with E-state index in [1.165, 1.54) is 57.8 Å². The van der Waals surface area contributed by atoms with Gasteiger partial charge in [0.15, 0.2) is 5.78 Å². The van der Waals surface area contributed by atoms with Crippen molar-refractivity contribution in [3.63, 3.8) is 0 Å². The average Bonchev–Trinajstić information content (AvgIpc) is 2.69. The quantitative estimate of drug-likeness (QED) is 0.382. The van der Waals surface area contributed by atoms with Crippen LogP contribution in [-0.2, 0) is 4.79 Å². The van der Waals surface area contributed by atoms with Crippen LogP contribution in [0.2, 0.25) is 0 Å². The first-order chi connectivity index (χ1) is 14.2. The molecule has 174 valence electrons. The summed E-state index contributed by atoms with van der Waals surface area (Å²) in [6, 6.07) is 0. The molecule has 31 heavy (non-hydrogen) atoms. The Morgan fingerprint density at radius 3 is 2.06 bits per heavy atom. The lowest BCUT2D eigenvalue weighted by molar-refractivity contribution is -0.248. The van der Waals surface area contributed by atoms with E-state index in [9.17, 15) is 4.79 Å². The van der Waals surface area contributed by atoms with Crippen LogP contribution in [-0.4, -0.2) is 5.78 Å². The fourth-order valence-electron chi connectivity index (χ4n) is 10.7. The summed E-state index contributed by atoms with van der Waals surface area (Å²) >= 11 is 0.